The van der Waals surface area contributed by atoms with Crippen LogP contribution in [-0.4, -0.2) is 13.0 Å². The first-order valence-corrected chi connectivity index (χ1v) is 7.07. The van der Waals surface area contributed by atoms with Gasteiger partial charge in [0.2, 0.25) is 0 Å². The van der Waals surface area contributed by atoms with E-state index in [-0.39, 0.29) is 5.56 Å². The van der Waals surface area contributed by atoms with E-state index in [0.717, 1.165) is 9.64 Å². The fraction of sp³-hybridized carbons (Fsp3) is 0.0714. The largest absolute Gasteiger partial charge is 0.497 e. The topological polar surface area (TPSA) is 38.3 Å². The lowest BCUT2D eigenvalue weighted by atomic mass is 10.2. The Morgan fingerprint density at radius 1 is 1.30 bits per heavy atom. The molecule has 0 fully saturated rings. The summed E-state index contributed by atoms with van der Waals surface area (Å²) >= 11 is 8.12. The van der Waals surface area contributed by atoms with Crippen LogP contribution in [0.1, 0.15) is 10.4 Å². The van der Waals surface area contributed by atoms with Gasteiger partial charge in [0.05, 0.1) is 23.4 Å². The van der Waals surface area contributed by atoms with Gasteiger partial charge in [0.1, 0.15) is 11.6 Å². The van der Waals surface area contributed by atoms with Gasteiger partial charge in [0, 0.05) is 9.64 Å². The maximum absolute atomic E-state index is 13.8. The number of carbonyl (C=O) groups excluding carboxylic acids is 1. The molecule has 0 spiro atoms. The van der Waals surface area contributed by atoms with E-state index in [1.165, 1.54) is 19.2 Å². The molecule has 104 valence electrons. The molecule has 2 rings (SSSR count). The molecule has 2 aromatic carbocycles. The summed E-state index contributed by atoms with van der Waals surface area (Å²) in [4.78, 5) is 12.0. The van der Waals surface area contributed by atoms with E-state index in [1.807, 2.05) is 0 Å². The third kappa shape index (κ3) is 3.40. The van der Waals surface area contributed by atoms with E-state index in [4.69, 9.17) is 16.3 Å². The highest BCUT2D eigenvalue weighted by Crippen LogP contribution is 2.25. The predicted molar refractivity (Wildman–Crippen MR) is 85.1 cm³/mol. The van der Waals surface area contributed by atoms with Crippen molar-refractivity contribution in [2.45, 2.75) is 0 Å². The summed E-state index contributed by atoms with van der Waals surface area (Å²) in [5.74, 6) is -0.858. The molecule has 2 aromatic rings. The zero-order valence-electron chi connectivity index (χ0n) is 10.4. The minimum atomic E-state index is -0.650. The molecular weight excluding hydrogens is 396 g/mol. The Hall–Kier alpha value is -1.34. The second-order valence-electron chi connectivity index (χ2n) is 3.92. The fourth-order valence-corrected chi connectivity index (χ4v) is 2.49. The highest BCUT2D eigenvalue weighted by Gasteiger charge is 2.14. The number of amides is 1. The van der Waals surface area contributed by atoms with Gasteiger partial charge in [-0.05, 0) is 52.9 Å². The second-order valence-corrected chi connectivity index (χ2v) is 5.58. The number of methoxy groups -OCH3 is 1. The number of rotatable bonds is 3. The summed E-state index contributed by atoms with van der Waals surface area (Å²) < 4.78 is 19.6. The van der Waals surface area contributed by atoms with Crippen LogP contribution in [0.2, 0.25) is 5.02 Å². The number of anilines is 1. The average molecular weight is 406 g/mol. The second kappa shape index (κ2) is 6.41. The molecule has 1 amide bonds. The highest BCUT2D eigenvalue weighted by molar-refractivity contribution is 14.1. The Kier molecular flexibility index (Phi) is 4.82. The van der Waals surface area contributed by atoms with Crippen molar-refractivity contribution in [1.82, 2.24) is 0 Å². The van der Waals surface area contributed by atoms with Gasteiger partial charge < -0.3 is 10.1 Å². The first kappa shape index (κ1) is 15.1. The highest BCUT2D eigenvalue weighted by atomic mass is 127. The van der Waals surface area contributed by atoms with Crippen LogP contribution in [0.25, 0.3) is 0 Å². The van der Waals surface area contributed by atoms with Crippen molar-refractivity contribution >= 4 is 45.8 Å². The maximum Gasteiger partial charge on any atom is 0.258 e. The van der Waals surface area contributed by atoms with Gasteiger partial charge in [-0.2, -0.15) is 0 Å². The number of ether oxygens (including phenoxy) is 1. The van der Waals surface area contributed by atoms with Crippen LogP contribution < -0.4 is 10.1 Å². The Balaban J connectivity index is 2.24. The maximum atomic E-state index is 13.8. The molecule has 0 aliphatic carbocycles. The van der Waals surface area contributed by atoms with E-state index in [0.29, 0.717) is 16.5 Å². The Bertz CT molecular complexity index is 664. The molecule has 0 aliphatic heterocycles. The van der Waals surface area contributed by atoms with Crippen molar-refractivity contribution < 1.29 is 13.9 Å². The predicted octanol–water partition coefficient (Wildman–Crippen LogP) is 4.34. The Labute approximate surface area is 134 Å². The number of halogens is 3. The molecule has 0 bridgehead atoms. The molecule has 0 aromatic heterocycles. The fourth-order valence-electron chi connectivity index (χ4n) is 1.59. The van der Waals surface area contributed by atoms with Crippen molar-refractivity contribution in [2.75, 3.05) is 12.4 Å². The molecule has 1 N–H and O–H groups in total. The Morgan fingerprint density at radius 2 is 2.05 bits per heavy atom. The summed E-state index contributed by atoms with van der Waals surface area (Å²) in [6.45, 7) is 0. The molecule has 6 heteroatoms. The normalized spacial score (nSPS) is 10.2. The third-order valence-electron chi connectivity index (χ3n) is 2.60. The molecule has 0 saturated heterocycles. The van der Waals surface area contributed by atoms with Crippen molar-refractivity contribution in [1.29, 1.82) is 0 Å². The zero-order valence-corrected chi connectivity index (χ0v) is 13.3. The van der Waals surface area contributed by atoms with Gasteiger partial charge in [-0.25, -0.2) is 4.39 Å². The molecule has 0 heterocycles. The van der Waals surface area contributed by atoms with Crippen LogP contribution in [0, 0.1) is 9.39 Å². The number of carbonyl (C=O) groups is 1. The van der Waals surface area contributed by atoms with Crippen LogP contribution >= 0.6 is 34.2 Å². The van der Waals surface area contributed by atoms with E-state index in [9.17, 15) is 9.18 Å². The molecule has 0 unspecified atom stereocenters. The van der Waals surface area contributed by atoms with E-state index >= 15 is 0 Å². The van der Waals surface area contributed by atoms with Crippen molar-refractivity contribution in [3.05, 3.63) is 56.4 Å². The molecular formula is C14H10ClFINO2. The van der Waals surface area contributed by atoms with E-state index in [2.05, 4.69) is 27.9 Å². The number of hydrogen-bond donors (Lipinski definition) is 1. The van der Waals surface area contributed by atoms with Gasteiger partial charge >= 0.3 is 0 Å². The van der Waals surface area contributed by atoms with Gasteiger partial charge in [-0.1, -0.05) is 11.6 Å². The van der Waals surface area contributed by atoms with Crippen LogP contribution in [-0.2, 0) is 0 Å². The van der Waals surface area contributed by atoms with Gasteiger partial charge in [-0.15, -0.1) is 0 Å². The Morgan fingerprint density at radius 3 is 2.65 bits per heavy atom. The van der Waals surface area contributed by atoms with Crippen LogP contribution in [0.15, 0.2) is 36.4 Å². The summed E-state index contributed by atoms with van der Waals surface area (Å²) in [5, 5.41) is 2.98. The lowest BCUT2D eigenvalue weighted by Gasteiger charge is -2.09. The van der Waals surface area contributed by atoms with Gasteiger partial charge in [-0.3, -0.25) is 4.79 Å². The van der Waals surface area contributed by atoms with E-state index < -0.39 is 11.7 Å². The van der Waals surface area contributed by atoms with E-state index in [1.54, 1.807) is 18.2 Å². The number of nitrogens with one attached hydrogen (secondary N) is 1. The lowest BCUT2D eigenvalue weighted by molar-refractivity contribution is 0.102. The number of benzene rings is 2. The standard InChI is InChI=1S/C14H10ClFINO2/c1-20-9-3-4-10(12(16)7-9)14(19)18-13-5-2-8(17)6-11(13)15/h2-7H,1H3,(H,18,19). The molecule has 0 saturated carbocycles. The van der Waals surface area contributed by atoms with Gasteiger partial charge in [0.15, 0.2) is 0 Å². The van der Waals surface area contributed by atoms with Crippen LogP contribution in [0.5, 0.6) is 5.75 Å². The smallest absolute Gasteiger partial charge is 0.258 e. The molecule has 0 radical (unpaired) electrons. The summed E-state index contributed by atoms with van der Waals surface area (Å²) in [6.07, 6.45) is 0. The average Bonchev–Trinajstić information content (AvgIpc) is 2.41. The number of hydrogen-bond acceptors (Lipinski definition) is 2. The van der Waals surface area contributed by atoms with Crippen molar-refractivity contribution in [2.24, 2.45) is 0 Å². The van der Waals surface area contributed by atoms with Crippen LogP contribution in [0.3, 0.4) is 0 Å². The van der Waals surface area contributed by atoms with Crippen molar-refractivity contribution in [3.8, 4) is 5.75 Å². The lowest BCUT2D eigenvalue weighted by Crippen LogP contribution is -2.14. The minimum Gasteiger partial charge on any atom is -0.497 e. The summed E-state index contributed by atoms with van der Waals surface area (Å²) in [5.41, 5.74) is 0.368. The minimum absolute atomic E-state index is 0.0691. The van der Waals surface area contributed by atoms with Gasteiger partial charge in [0.25, 0.3) is 5.91 Å². The molecule has 20 heavy (non-hydrogen) atoms. The summed E-state index contributed by atoms with van der Waals surface area (Å²) in [6, 6.07) is 9.22. The molecule has 3 nitrogen and oxygen atoms in total. The monoisotopic (exact) mass is 405 g/mol. The SMILES string of the molecule is COc1ccc(C(=O)Nc2ccc(I)cc2Cl)c(F)c1. The first-order chi connectivity index (χ1) is 9.51. The first-order valence-electron chi connectivity index (χ1n) is 5.61. The molecule has 0 atom stereocenters. The molecule has 0 aliphatic rings. The van der Waals surface area contributed by atoms with Crippen molar-refractivity contribution in [3.63, 3.8) is 0 Å². The zero-order chi connectivity index (χ0) is 14.7. The van der Waals surface area contributed by atoms with Crippen LogP contribution in [0.4, 0.5) is 10.1 Å². The summed E-state index contributed by atoms with van der Waals surface area (Å²) in [7, 11) is 1.43. The quantitative estimate of drug-likeness (QED) is 0.771. The third-order valence-corrected chi connectivity index (χ3v) is 3.58.